The highest BCUT2D eigenvalue weighted by atomic mass is 32.1. The second-order valence-electron chi connectivity index (χ2n) is 4.52. The van der Waals surface area contributed by atoms with Gasteiger partial charge in [0.15, 0.2) is 0 Å². The highest BCUT2D eigenvalue weighted by Crippen LogP contribution is 2.33. The fourth-order valence-corrected chi connectivity index (χ4v) is 3.32. The summed E-state index contributed by atoms with van der Waals surface area (Å²) in [5.41, 5.74) is 0.541. The summed E-state index contributed by atoms with van der Waals surface area (Å²) in [6, 6.07) is 4.69. The fourth-order valence-electron chi connectivity index (χ4n) is 2.22. The zero-order chi connectivity index (χ0) is 14.3. The molecule has 3 rings (SSSR count). The quantitative estimate of drug-likeness (QED) is 0.799. The number of esters is 2. The number of aryl methyl sites for hydroxylation is 1. The number of carbonyl (C=O) groups excluding carboxylic acids is 2. The Kier molecular flexibility index (Phi) is 3.17. The maximum Gasteiger partial charge on any atom is 0.349 e. The predicted octanol–water partition coefficient (Wildman–Crippen LogP) is 2.82. The lowest BCUT2D eigenvalue weighted by Gasteiger charge is -2.07. The highest BCUT2D eigenvalue weighted by Gasteiger charge is 2.31. The maximum atomic E-state index is 13.8. The van der Waals surface area contributed by atoms with Crippen LogP contribution in [-0.4, -0.2) is 24.6 Å². The zero-order valence-corrected chi connectivity index (χ0v) is 11.5. The van der Waals surface area contributed by atoms with Crippen LogP contribution in [0, 0.1) is 12.7 Å². The monoisotopic (exact) mass is 294 g/mol. The van der Waals surface area contributed by atoms with E-state index in [0.29, 0.717) is 26.9 Å². The molecule has 1 aliphatic heterocycles. The largest absolute Gasteiger partial charge is 0.463 e. The van der Waals surface area contributed by atoms with E-state index in [-0.39, 0.29) is 12.4 Å². The highest BCUT2D eigenvalue weighted by molar-refractivity contribution is 7.21. The number of benzene rings is 1. The summed E-state index contributed by atoms with van der Waals surface area (Å²) in [6.07, 6.45) is -0.486. The fraction of sp³-hybridized carbons (Fsp3) is 0.286. The van der Waals surface area contributed by atoms with Crippen LogP contribution >= 0.6 is 11.3 Å². The molecule has 20 heavy (non-hydrogen) atoms. The van der Waals surface area contributed by atoms with Gasteiger partial charge >= 0.3 is 11.9 Å². The van der Waals surface area contributed by atoms with Crippen LogP contribution in [0.15, 0.2) is 18.2 Å². The summed E-state index contributed by atoms with van der Waals surface area (Å²) in [5, 5.41) is 0.429. The molecule has 1 saturated heterocycles. The van der Waals surface area contributed by atoms with Gasteiger partial charge in [0, 0.05) is 16.5 Å². The van der Waals surface area contributed by atoms with Gasteiger partial charge < -0.3 is 9.47 Å². The molecular formula is C14H11FO4S. The van der Waals surface area contributed by atoms with Crippen molar-refractivity contribution in [3.05, 3.63) is 34.5 Å². The maximum absolute atomic E-state index is 13.8. The first-order valence-electron chi connectivity index (χ1n) is 6.13. The summed E-state index contributed by atoms with van der Waals surface area (Å²) in [7, 11) is 0. The van der Waals surface area contributed by atoms with Gasteiger partial charge in [-0.05, 0) is 24.6 Å². The van der Waals surface area contributed by atoms with Crippen LogP contribution in [0.4, 0.5) is 4.39 Å². The molecule has 0 aliphatic carbocycles. The molecule has 1 fully saturated rings. The molecule has 1 aromatic heterocycles. The van der Waals surface area contributed by atoms with E-state index in [4.69, 9.17) is 9.47 Å². The Balaban J connectivity index is 1.94. The number of ether oxygens (including phenoxy) is 2. The normalized spacial score (nSPS) is 18.3. The Bertz CT molecular complexity index is 707. The van der Waals surface area contributed by atoms with Gasteiger partial charge in [-0.3, -0.25) is 0 Å². The van der Waals surface area contributed by atoms with Gasteiger partial charge in [-0.1, -0.05) is 6.07 Å². The smallest absolute Gasteiger partial charge is 0.349 e. The van der Waals surface area contributed by atoms with Crippen molar-refractivity contribution in [1.82, 2.24) is 0 Å². The number of rotatable bonds is 2. The van der Waals surface area contributed by atoms with Crippen LogP contribution in [0.5, 0.6) is 0 Å². The van der Waals surface area contributed by atoms with Gasteiger partial charge in [-0.2, -0.15) is 0 Å². The van der Waals surface area contributed by atoms with E-state index in [0.717, 1.165) is 11.3 Å². The Morgan fingerprint density at radius 3 is 2.95 bits per heavy atom. The van der Waals surface area contributed by atoms with Gasteiger partial charge in [0.05, 0.1) is 6.61 Å². The first kappa shape index (κ1) is 13.1. The van der Waals surface area contributed by atoms with Gasteiger partial charge in [0.2, 0.25) is 6.10 Å². The minimum Gasteiger partial charge on any atom is -0.463 e. The van der Waals surface area contributed by atoms with Crippen LogP contribution in [0.3, 0.4) is 0 Å². The van der Waals surface area contributed by atoms with Gasteiger partial charge in [-0.15, -0.1) is 11.3 Å². The van der Waals surface area contributed by atoms with E-state index in [2.05, 4.69) is 0 Å². The molecule has 0 saturated carbocycles. The summed E-state index contributed by atoms with van der Waals surface area (Å²) >= 11 is 1.16. The molecule has 4 nitrogen and oxygen atoms in total. The van der Waals surface area contributed by atoms with E-state index in [1.165, 1.54) is 6.07 Å². The lowest BCUT2D eigenvalue weighted by Crippen LogP contribution is -2.22. The van der Waals surface area contributed by atoms with Crippen molar-refractivity contribution < 1.29 is 23.5 Å². The molecule has 2 heterocycles. The first-order chi connectivity index (χ1) is 9.58. The lowest BCUT2D eigenvalue weighted by atomic mass is 10.1. The Morgan fingerprint density at radius 2 is 2.30 bits per heavy atom. The standard InChI is InChI=1S/C14H11FO4S/c1-7-11-8(15)3-2-4-10(11)20-12(7)14(17)19-9-5-6-18-13(9)16/h2-4,9H,5-6H2,1H3/t9-/m1/s1. The molecule has 1 aliphatic rings. The molecule has 1 aromatic carbocycles. The minimum absolute atomic E-state index is 0.261. The third kappa shape index (κ3) is 2.06. The van der Waals surface area contributed by atoms with Crippen molar-refractivity contribution in [2.24, 2.45) is 0 Å². The van der Waals surface area contributed by atoms with E-state index < -0.39 is 18.0 Å². The Morgan fingerprint density at radius 1 is 1.50 bits per heavy atom. The SMILES string of the molecule is Cc1c(C(=O)O[C@@H]2CCOC2=O)sc2cccc(F)c12. The summed E-state index contributed by atoms with van der Waals surface area (Å²) in [6.45, 7) is 1.93. The van der Waals surface area contributed by atoms with Crippen molar-refractivity contribution in [1.29, 1.82) is 0 Å². The third-order valence-corrected chi connectivity index (χ3v) is 4.46. The summed E-state index contributed by atoms with van der Waals surface area (Å²) < 4.78 is 24.3. The topological polar surface area (TPSA) is 52.6 Å². The Hall–Kier alpha value is -1.95. The molecule has 1 atom stereocenters. The molecule has 2 aromatic rings. The summed E-state index contributed by atoms with van der Waals surface area (Å²) in [5.74, 6) is -1.49. The number of thiophene rings is 1. The minimum atomic E-state index is -0.850. The van der Waals surface area contributed by atoms with Crippen LogP contribution in [-0.2, 0) is 14.3 Å². The molecule has 0 bridgehead atoms. The average Bonchev–Trinajstić information content (AvgIpc) is 2.95. The predicted molar refractivity (Wildman–Crippen MR) is 71.3 cm³/mol. The van der Waals surface area contributed by atoms with Crippen LogP contribution in [0.25, 0.3) is 10.1 Å². The Labute approximate surface area is 118 Å². The molecule has 0 unspecified atom stereocenters. The number of carbonyl (C=O) groups is 2. The number of fused-ring (bicyclic) bond motifs is 1. The molecule has 0 amide bonds. The van der Waals surface area contributed by atoms with Crippen LogP contribution < -0.4 is 0 Å². The van der Waals surface area contributed by atoms with E-state index in [1.807, 2.05) is 0 Å². The zero-order valence-electron chi connectivity index (χ0n) is 10.6. The van der Waals surface area contributed by atoms with Crippen molar-refractivity contribution >= 4 is 33.4 Å². The number of hydrogen-bond donors (Lipinski definition) is 0. The van der Waals surface area contributed by atoms with Gasteiger partial charge in [0.1, 0.15) is 10.7 Å². The van der Waals surface area contributed by atoms with Crippen molar-refractivity contribution in [3.63, 3.8) is 0 Å². The van der Waals surface area contributed by atoms with E-state index in [9.17, 15) is 14.0 Å². The van der Waals surface area contributed by atoms with Crippen molar-refractivity contribution in [2.75, 3.05) is 6.61 Å². The van der Waals surface area contributed by atoms with Gasteiger partial charge in [-0.25, -0.2) is 14.0 Å². The molecule has 0 spiro atoms. The van der Waals surface area contributed by atoms with E-state index >= 15 is 0 Å². The van der Waals surface area contributed by atoms with E-state index in [1.54, 1.807) is 19.1 Å². The number of hydrogen-bond acceptors (Lipinski definition) is 5. The van der Waals surface area contributed by atoms with Crippen LogP contribution in [0.1, 0.15) is 21.7 Å². The van der Waals surface area contributed by atoms with Crippen molar-refractivity contribution in [3.8, 4) is 0 Å². The summed E-state index contributed by atoms with van der Waals surface area (Å²) in [4.78, 5) is 23.7. The third-order valence-electron chi connectivity index (χ3n) is 3.22. The molecule has 0 N–H and O–H groups in total. The average molecular weight is 294 g/mol. The second-order valence-corrected chi connectivity index (χ2v) is 5.57. The van der Waals surface area contributed by atoms with Gasteiger partial charge in [0.25, 0.3) is 0 Å². The molecule has 104 valence electrons. The second kappa shape index (κ2) is 4.86. The molecular weight excluding hydrogens is 283 g/mol. The molecule has 0 radical (unpaired) electrons. The van der Waals surface area contributed by atoms with Crippen molar-refractivity contribution in [2.45, 2.75) is 19.4 Å². The number of halogens is 1. The van der Waals surface area contributed by atoms with Crippen LogP contribution in [0.2, 0.25) is 0 Å². The lowest BCUT2D eigenvalue weighted by molar-refractivity contribution is -0.145. The first-order valence-corrected chi connectivity index (χ1v) is 6.95. The molecule has 6 heteroatoms. The number of cyclic esters (lactones) is 1.